The molecule has 0 atom stereocenters. The van der Waals surface area contributed by atoms with E-state index in [9.17, 15) is 4.79 Å². The molecule has 1 aromatic heterocycles. The van der Waals surface area contributed by atoms with E-state index < -0.39 is 0 Å². The highest BCUT2D eigenvalue weighted by atomic mass is 16.4. The molecule has 1 N–H and O–H groups in total. The summed E-state index contributed by atoms with van der Waals surface area (Å²) in [5.74, 6) is -0.321. The smallest absolute Gasteiger partial charge is 0.408 e. The summed E-state index contributed by atoms with van der Waals surface area (Å²) in [6.07, 6.45) is 1.99. The van der Waals surface area contributed by atoms with Gasteiger partial charge in [0.1, 0.15) is 0 Å². The van der Waals surface area contributed by atoms with Crippen LogP contribution in [0, 0.1) is 0 Å². The molecule has 0 aliphatic carbocycles. The van der Waals surface area contributed by atoms with Crippen LogP contribution in [-0.4, -0.2) is 9.67 Å². The molecule has 0 aliphatic heterocycles. The Morgan fingerprint density at radius 2 is 2.25 bits per heavy atom. The molecular weight excluding hydrogens is 206 g/mol. The average Bonchev–Trinajstić information content (AvgIpc) is 2.61. The lowest BCUT2D eigenvalue weighted by Gasteiger charge is -2.00. The van der Waals surface area contributed by atoms with Crippen molar-refractivity contribution in [3.63, 3.8) is 0 Å². The third-order valence-electron chi connectivity index (χ3n) is 2.65. The lowest BCUT2D eigenvalue weighted by atomic mass is 10.2. The zero-order chi connectivity index (χ0) is 11.5. The largest absolute Gasteiger partial charge is 0.419 e. The monoisotopic (exact) mass is 221 g/mol. The molecule has 0 radical (unpaired) electrons. The van der Waals surface area contributed by atoms with Crippen molar-refractivity contribution in [1.29, 1.82) is 0 Å². The number of nitrogens with zero attached hydrogens (tertiary/aromatic N) is 1. The third kappa shape index (κ3) is 1.88. The quantitative estimate of drug-likeness (QED) is 0.857. The molecule has 0 saturated carbocycles. The fraction of sp³-hybridized carbons (Fsp3) is 0.417. The van der Waals surface area contributed by atoms with Crippen molar-refractivity contribution in [2.75, 3.05) is 0 Å². The van der Waals surface area contributed by atoms with Gasteiger partial charge in [0.15, 0.2) is 5.58 Å². The number of aryl methyl sites for hydroxylation is 1. The Labute approximate surface area is 93.1 Å². The fourth-order valence-corrected chi connectivity index (χ4v) is 1.74. The van der Waals surface area contributed by atoms with Crippen LogP contribution in [0.25, 0.3) is 11.1 Å². The highest BCUT2D eigenvalue weighted by Crippen LogP contribution is 2.15. The molecule has 2 aromatic rings. The van der Waals surface area contributed by atoms with E-state index in [1.54, 1.807) is 16.7 Å². The van der Waals surface area contributed by atoms with Crippen LogP contribution in [0.15, 0.2) is 27.4 Å². The van der Waals surface area contributed by atoms with Gasteiger partial charge in [0.25, 0.3) is 0 Å². The third-order valence-corrected chi connectivity index (χ3v) is 2.65. The molecule has 0 unspecified atom stereocenters. The van der Waals surface area contributed by atoms with Gasteiger partial charge in [-0.05, 0) is 24.1 Å². The van der Waals surface area contributed by atoms with Crippen LogP contribution < -0.4 is 5.76 Å². The molecule has 0 spiro atoms. The summed E-state index contributed by atoms with van der Waals surface area (Å²) in [6, 6.07) is 5.33. The minimum atomic E-state index is -0.321. The number of oxazole rings is 1. The van der Waals surface area contributed by atoms with E-state index >= 15 is 0 Å². The number of fused-ring (bicyclic) bond motifs is 1. The van der Waals surface area contributed by atoms with E-state index in [-0.39, 0.29) is 12.4 Å². The topological polar surface area (TPSA) is 55.4 Å². The van der Waals surface area contributed by atoms with Gasteiger partial charge in [-0.15, -0.1) is 0 Å². The van der Waals surface area contributed by atoms with Crippen molar-refractivity contribution >= 4 is 11.1 Å². The van der Waals surface area contributed by atoms with Crippen LogP contribution in [0.1, 0.15) is 25.3 Å². The van der Waals surface area contributed by atoms with E-state index in [0.717, 1.165) is 23.9 Å². The number of rotatable bonds is 4. The Morgan fingerprint density at radius 3 is 2.94 bits per heavy atom. The standard InChI is InChI=1S/C12H15NO3/c1-2-3-6-13-10-5-4-9(8-14)7-11(10)16-12(13)15/h4-5,7,14H,2-3,6,8H2,1H3. The molecule has 0 fully saturated rings. The van der Waals surface area contributed by atoms with E-state index in [4.69, 9.17) is 9.52 Å². The SMILES string of the molecule is CCCCn1c(=O)oc2cc(CO)ccc21. The summed E-state index contributed by atoms with van der Waals surface area (Å²) in [5, 5.41) is 8.99. The molecule has 0 bridgehead atoms. The van der Waals surface area contributed by atoms with Gasteiger partial charge < -0.3 is 9.52 Å². The first-order chi connectivity index (χ1) is 7.76. The number of aliphatic hydroxyl groups is 1. The van der Waals surface area contributed by atoms with Crippen molar-refractivity contribution in [2.24, 2.45) is 0 Å². The first-order valence-corrected chi connectivity index (χ1v) is 5.49. The van der Waals surface area contributed by atoms with Crippen molar-refractivity contribution in [3.05, 3.63) is 34.3 Å². The van der Waals surface area contributed by atoms with Crippen molar-refractivity contribution < 1.29 is 9.52 Å². The zero-order valence-corrected chi connectivity index (χ0v) is 9.27. The van der Waals surface area contributed by atoms with E-state index in [0.29, 0.717) is 12.1 Å². The molecule has 0 saturated heterocycles. The molecule has 0 amide bonds. The van der Waals surface area contributed by atoms with Crippen molar-refractivity contribution in [3.8, 4) is 0 Å². The van der Waals surface area contributed by atoms with Gasteiger partial charge in [-0.25, -0.2) is 4.79 Å². The second-order valence-electron chi connectivity index (χ2n) is 3.83. The number of aliphatic hydroxyl groups excluding tert-OH is 1. The van der Waals surface area contributed by atoms with Crippen LogP contribution in [0.5, 0.6) is 0 Å². The average molecular weight is 221 g/mol. The van der Waals surface area contributed by atoms with E-state index in [1.807, 2.05) is 6.07 Å². The Kier molecular flexibility index (Phi) is 3.10. The fourth-order valence-electron chi connectivity index (χ4n) is 1.74. The molecule has 16 heavy (non-hydrogen) atoms. The van der Waals surface area contributed by atoms with Gasteiger partial charge in [-0.2, -0.15) is 0 Å². The summed E-state index contributed by atoms with van der Waals surface area (Å²) in [5.41, 5.74) is 2.10. The van der Waals surface area contributed by atoms with Gasteiger partial charge in [0, 0.05) is 6.54 Å². The maximum absolute atomic E-state index is 11.6. The number of hydrogen-bond acceptors (Lipinski definition) is 3. The maximum Gasteiger partial charge on any atom is 0.419 e. The molecule has 1 heterocycles. The first kappa shape index (κ1) is 11.0. The lowest BCUT2D eigenvalue weighted by Crippen LogP contribution is -2.13. The molecule has 4 nitrogen and oxygen atoms in total. The summed E-state index contributed by atoms with van der Waals surface area (Å²) in [6.45, 7) is 2.72. The van der Waals surface area contributed by atoms with Gasteiger partial charge in [-0.1, -0.05) is 19.4 Å². The predicted molar refractivity (Wildman–Crippen MR) is 61.3 cm³/mol. The van der Waals surface area contributed by atoms with Crippen molar-refractivity contribution in [1.82, 2.24) is 4.57 Å². The summed E-state index contributed by atoms with van der Waals surface area (Å²) >= 11 is 0. The summed E-state index contributed by atoms with van der Waals surface area (Å²) < 4.78 is 6.77. The first-order valence-electron chi connectivity index (χ1n) is 5.49. The number of benzene rings is 1. The zero-order valence-electron chi connectivity index (χ0n) is 9.27. The minimum Gasteiger partial charge on any atom is -0.408 e. The van der Waals surface area contributed by atoms with Gasteiger partial charge in [-0.3, -0.25) is 4.57 Å². The van der Waals surface area contributed by atoms with E-state index in [2.05, 4.69) is 6.92 Å². The molecule has 1 aromatic carbocycles. The molecular formula is C12H15NO3. The van der Waals surface area contributed by atoms with Crippen LogP contribution >= 0.6 is 0 Å². The van der Waals surface area contributed by atoms with E-state index in [1.165, 1.54) is 0 Å². The highest BCUT2D eigenvalue weighted by Gasteiger charge is 2.08. The van der Waals surface area contributed by atoms with Crippen LogP contribution in [0.2, 0.25) is 0 Å². The maximum atomic E-state index is 11.6. The normalized spacial score (nSPS) is 11.1. The lowest BCUT2D eigenvalue weighted by molar-refractivity contribution is 0.282. The van der Waals surface area contributed by atoms with Crippen LogP contribution in [0.3, 0.4) is 0 Å². The molecule has 4 heteroatoms. The van der Waals surface area contributed by atoms with Crippen LogP contribution in [-0.2, 0) is 13.2 Å². The molecule has 86 valence electrons. The Morgan fingerprint density at radius 1 is 1.44 bits per heavy atom. The Hall–Kier alpha value is -1.55. The van der Waals surface area contributed by atoms with Crippen molar-refractivity contribution in [2.45, 2.75) is 32.9 Å². The second-order valence-corrected chi connectivity index (χ2v) is 3.83. The molecule has 2 rings (SSSR count). The predicted octanol–water partition coefficient (Wildman–Crippen LogP) is 1.89. The van der Waals surface area contributed by atoms with Gasteiger partial charge in [0.05, 0.1) is 12.1 Å². The van der Waals surface area contributed by atoms with Gasteiger partial charge in [0.2, 0.25) is 0 Å². The Bertz CT molecular complexity index is 539. The Balaban J connectivity index is 2.49. The number of aromatic nitrogens is 1. The number of unbranched alkanes of at least 4 members (excludes halogenated alkanes) is 1. The summed E-state index contributed by atoms with van der Waals surface area (Å²) in [4.78, 5) is 11.6. The summed E-state index contributed by atoms with van der Waals surface area (Å²) in [7, 11) is 0. The second kappa shape index (κ2) is 4.53. The molecule has 0 aliphatic rings. The number of hydrogen-bond donors (Lipinski definition) is 1. The van der Waals surface area contributed by atoms with Crippen LogP contribution in [0.4, 0.5) is 0 Å². The minimum absolute atomic E-state index is 0.0419. The highest BCUT2D eigenvalue weighted by molar-refractivity contribution is 5.73. The van der Waals surface area contributed by atoms with Gasteiger partial charge >= 0.3 is 5.76 Å².